The minimum Gasteiger partial charge on any atom is -0.225 e. The summed E-state index contributed by atoms with van der Waals surface area (Å²) < 4.78 is 4.69. The Hall–Kier alpha value is -4.16. The highest BCUT2D eigenvalue weighted by molar-refractivity contribution is 5.83. The van der Waals surface area contributed by atoms with Crippen LogP contribution in [0, 0.1) is 18.3 Å². The highest BCUT2D eigenvalue weighted by Gasteiger charge is 2.32. The molecule has 184 valence electrons. The summed E-state index contributed by atoms with van der Waals surface area (Å²) in [7, 11) is 2.13. The van der Waals surface area contributed by atoms with Gasteiger partial charge in [-0.15, -0.1) is 0 Å². The highest BCUT2D eigenvalue weighted by Crippen LogP contribution is 2.40. The molecular formula is C34H34N3+. The van der Waals surface area contributed by atoms with Crippen molar-refractivity contribution in [1.29, 1.82) is 5.26 Å². The highest BCUT2D eigenvalue weighted by atomic mass is 15.2. The number of benzene rings is 4. The van der Waals surface area contributed by atoms with Crippen molar-refractivity contribution in [1.82, 2.24) is 4.57 Å². The minimum absolute atomic E-state index is 0.308. The predicted molar refractivity (Wildman–Crippen MR) is 153 cm³/mol. The van der Waals surface area contributed by atoms with E-state index in [1.807, 2.05) is 12.1 Å². The molecule has 37 heavy (non-hydrogen) atoms. The maximum absolute atomic E-state index is 9.78. The van der Waals surface area contributed by atoms with Gasteiger partial charge in [-0.2, -0.15) is 9.83 Å². The number of hydrogen-bond acceptors (Lipinski definition) is 1. The molecule has 0 aliphatic heterocycles. The van der Waals surface area contributed by atoms with Crippen molar-refractivity contribution >= 4 is 11.0 Å². The Kier molecular flexibility index (Phi) is 6.44. The van der Waals surface area contributed by atoms with Crippen molar-refractivity contribution in [3.8, 4) is 34.3 Å². The van der Waals surface area contributed by atoms with Gasteiger partial charge in [-0.1, -0.05) is 76.2 Å². The lowest BCUT2D eigenvalue weighted by atomic mass is 9.88. The first-order valence-corrected chi connectivity index (χ1v) is 13.1. The fourth-order valence-electron chi connectivity index (χ4n) is 5.40. The maximum atomic E-state index is 9.78. The van der Waals surface area contributed by atoms with E-state index in [9.17, 15) is 5.26 Å². The summed E-state index contributed by atoms with van der Waals surface area (Å²) in [4.78, 5) is 0. The summed E-state index contributed by atoms with van der Waals surface area (Å²) in [5, 5.41) is 9.78. The zero-order chi connectivity index (χ0) is 26.3. The molecule has 5 aromatic rings. The van der Waals surface area contributed by atoms with Crippen molar-refractivity contribution in [3.05, 3.63) is 107 Å². The Balaban J connectivity index is 1.97. The lowest BCUT2D eigenvalue weighted by Gasteiger charge is -2.21. The lowest BCUT2D eigenvalue weighted by molar-refractivity contribution is -0.633. The summed E-state index contributed by atoms with van der Waals surface area (Å²) in [6.07, 6.45) is 0. The van der Waals surface area contributed by atoms with E-state index in [0.717, 1.165) is 16.9 Å². The topological polar surface area (TPSA) is 32.6 Å². The molecule has 1 heterocycles. The van der Waals surface area contributed by atoms with Gasteiger partial charge in [0, 0.05) is 17.2 Å². The first kappa shape index (κ1) is 24.5. The van der Waals surface area contributed by atoms with Crippen molar-refractivity contribution in [2.24, 2.45) is 7.05 Å². The van der Waals surface area contributed by atoms with Gasteiger partial charge < -0.3 is 0 Å². The van der Waals surface area contributed by atoms with Crippen LogP contribution in [-0.2, 0) is 7.05 Å². The quantitative estimate of drug-likeness (QED) is 0.231. The SMILES string of the molecule is Cc1ccccc1-c1n(-c2c(C(C)C)cc(-c3ccccc3)cc2C(C)C)c2cc(C#N)ccc2[n+]1C. The van der Waals surface area contributed by atoms with E-state index in [1.165, 1.54) is 39.1 Å². The van der Waals surface area contributed by atoms with E-state index in [1.54, 1.807) is 0 Å². The second-order valence-electron chi connectivity index (χ2n) is 10.5. The van der Waals surface area contributed by atoms with Gasteiger partial charge in [0.1, 0.15) is 5.69 Å². The largest absolute Gasteiger partial charge is 0.295 e. The maximum Gasteiger partial charge on any atom is 0.295 e. The second kappa shape index (κ2) is 9.71. The van der Waals surface area contributed by atoms with E-state index in [0.29, 0.717) is 17.4 Å². The van der Waals surface area contributed by atoms with Gasteiger partial charge in [0.05, 0.1) is 24.2 Å². The van der Waals surface area contributed by atoms with E-state index in [2.05, 4.69) is 130 Å². The molecule has 5 rings (SSSR count). The van der Waals surface area contributed by atoms with Crippen molar-refractivity contribution in [2.45, 2.75) is 46.5 Å². The second-order valence-corrected chi connectivity index (χ2v) is 10.5. The molecule has 3 heteroatoms. The molecule has 1 aromatic heterocycles. The number of hydrogen-bond donors (Lipinski definition) is 0. The molecule has 0 saturated carbocycles. The van der Waals surface area contributed by atoms with Crippen LogP contribution in [0.3, 0.4) is 0 Å². The molecule has 0 amide bonds. The fourth-order valence-corrected chi connectivity index (χ4v) is 5.40. The van der Waals surface area contributed by atoms with Gasteiger partial charge in [0.2, 0.25) is 0 Å². The van der Waals surface area contributed by atoms with Crippen LogP contribution in [0.15, 0.2) is 84.9 Å². The average molecular weight is 485 g/mol. The molecule has 0 fully saturated rings. The van der Waals surface area contributed by atoms with Crippen LogP contribution in [0.2, 0.25) is 0 Å². The first-order valence-electron chi connectivity index (χ1n) is 13.1. The normalized spacial score (nSPS) is 11.4. The molecule has 0 aliphatic carbocycles. The Bertz CT molecular complexity index is 1620. The third-order valence-electron chi connectivity index (χ3n) is 7.37. The Morgan fingerprint density at radius 2 is 1.38 bits per heavy atom. The number of nitriles is 1. The van der Waals surface area contributed by atoms with Gasteiger partial charge in [-0.05, 0) is 65.8 Å². The zero-order valence-corrected chi connectivity index (χ0v) is 22.6. The number of nitrogens with zero attached hydrogens (tertiary/aromatic N) is 3. The molecule has 0 aliphatic rings. The zero-order valence-electron chi connectivity index (χ0n) is 22.6. The molecule has 0 radical (unpaired) electrons. The lowest BCUT2D eigenvalue weighted by Crippen LogP contribution is -2.30. The van der Waals surface area contributed by atoms with Crippen molar-refractivity contribution in [2.75, 3.05) is 0 Å². The summed E-state index contributed by atoms with van der Waals surface area (Å²) in [5.41, 5.74) is 11.5. The molecule has 4 aromatic carbocycles. The standard InChI is InChI=1S/C34H34N3/c1-22(2)29-19-27(26-13-8-7-9-14-26)20-30(23(3)4)33(29)37-32-18-25(21-35)16-17-31(32)36(6)34(37)28-15-11-10-12-24(28)5/h7-20,22-23H,1-6H3/q+1. The van der Waals surface area contributed by atoms with Gasteiger partial charge in [-0.3, -0.25) is 0 Å². The molecule has 0 atom stereocenters. The summed E-state index contributed by atoms with van der Waals surface area (Å²) >= 11 is 0. The van der Waals surface area contributed by atoms with E-state index in [4.69, 9.17) is 0 Å². The molecule has 0 spiro atoms. The summed E-state index contributed by atoms with van der Waals surface area (Å²) in [5.74, 6) is 1.74. The number of rotatable bonds is 5. The van der Waals surface area contributed by atoms with Crippen molar-refractivity contribution in [3.63, 3.8) is 0 Å². The Morgan fingerprint density at radius 1 is 0.757 bits per heavy atom. The van der Waals surface area contributed by atoms with Crippen LogP contribution >= 0.6 is 0 Å². The van der Waals surface area contributed by atoms with Crippen molar-refractivity contribution < 1.29 is 4.57 Å². The molecule has 0 bridgehead atoms. The van der Waals surface area contributed by atoms with Crippen LogP contribution in [0.4, 0.5) is 0 Å². The summed E-state index contributed by atoms with van der Waals surface area (Å²) in [6, 6.07) is 32.3. The third kappa shape index (κ3) is 4.23. The first-order chi connectivity index (χ1) is 17.8. The molecule has 0 N–H and O–H groups in total. The van der Waals surface area contributed by atoms with Gasteiger partial charge in [-0.25, -0.2) is 4.57 Å². The number of aryl methyl sites for hydroxylation is 2. The number of aromatic nitrogens is 2. The van der Waals surface area contributed by atoms with Crippen LogP contribution < -0.4 is 4.57 Å². The molecule has 0 unspecified atom stereocenters. The Morgan fingerprint density at radius 3 is 1.97 bits per heavy atom. The monoisotopic (exact) mass is 484 g/mol. The Labute approximate surface area is 220 Å². The van der Waals surface area contributed by atoms with Gasteiger partial charge >= 0.3 is 0 Å². The smallest absolute Gasteiger partial charge is 0.225 e. The molecule has 3 nitrogen and oxygen atoms in total. The minimum atomic E-state index is 0.308. The molecule has 0 saturated heterocycles. The van der Waals surface area contributed by atoms with Crippen LogP contribution in [0.25, 0.3) is 39.2 Å². The third-order valence-corrected chi connectivity index (χ3v) is 7.37. The van der Waals surface area contributed by atoms with Crippen LogP contribution in [0.5, 0.6) is 0 Å². The summed E-state index contributed by atoms with van der Waals surface area (Å²) in [6.45, 7) is 11.3. The van der Waals surface area contributed by atoms with E-state index in [-0.39, 0.29) is 0 Å². The van der Waals surface area contributed by atoms with E-state index >= 15 is 0 Å². The van der Waals surface area contributed by atoms with Crippen LogP contribution in [-0.4, -0.2) is 4.57 Å². The number of fused-ring (bicyclic) bond motifs is 1. The molecular weight excluding hydrogens is 450 g/mol. The number of imidazole rings is 1. The van der Waals surface area contributed by atoms with Gasteiger partial charge in [0.15, 0.2) is 11.0 Å². The predicted octanol–water partition coefficient (Wildman–Crippen LogP) is 8.22. The fraction of sp³-hybridized carbons (Fsp3) is 0.235. The van der Waals surface area contributed by atoms with E-state index < -0.39 is 0 Å². The van der Waals surface area contributed by atoms with Gasteiger partial charge in [0.25, 0.3) is 5.82 Å². The average Bonchev–Trinajstić information content (AvgIpc) is 3.19. The van der Waals surface area contributed by atoms with Crippen LogP contribution in [0.1, 0.15) is 61.8 Å².